The monoisotopic (exact) mass is 967 g/mol. The van der Waals surface area contributed by atoms with E-state index >= 15 is 0 Å². The highest BCUT2D eigenvalue weighted by atomic mass is 32.1. The van der Waals surface area contributed by atoms with Gasteiger partial charge in [0, 0.05) is 16.4 Å². The molecule has 0 saturated heterocycles. The Kier molecular flexibility index (Phi) is 24.8. The predicted octanol–water partition coefficient (Wildman–Crippen LogP) is 8.05. The van der Waals surface area contributed by atoms with E-state index < -0.39 is 62.6 Å². The van der Waals surface area contributed by atoms with Crippen LogP contribution in [0.3, 0.4) is 0 Å². The third-order valence-electron chi connectivity index (χ3n) is 11.5. The van der Waals surface area contributed by atoms with Gasteiger partial charge in [-0.3, -0.25) is 9.05 Å². The Morgan fingerprint density at radius 2 is 1.12 bits per heavy atom. The quantitative estimate of drug-likeness (QED) is 0.0162. The lowest BCUT2D eigenvalue weighted by Gasteiger charge is -2.52. The van der Waals surface area contributed by atoms with E-state index in [1.165, 1.54) is 0 Å². The van der Waals surface area contributed by atoms with Crippen molar-refractivity contribution < 1.29 is 69.3 Å². The molecule has 0 aromatic carbocycles. The number of ether oxygens (including phenoxy) is 2. The van der Waals surface area contributed by atoms with Crippen LogP contribution in [0.4, 0.5) is 0 Å². The lowest BCUT2D eigenvalue weighted by atomic mass is 10.4. The number of nitrogens with zero attached hydrogens (tertiary/aromatic N) is 2. The van der Waals surface area contributed by atoms with Gasteiger partial charge in [0.25, 0.3) is 0 Å². The summed E-state index contributed by atoms with van der Waals surface area (Å²) in [5.41, 5.74) is 0.704. The first-order chi connectivity index (χ1) is 27.0. The normalized spacial score (nSPS) is 16.4. The van der Waals surface area contributed by atoms with Gasteiger partial charge in [-0.25, -0.2) is 14.2 Å². The van der Waals surface area contributed by atoms with E-state index in [0.717, 1.165) is 18.1 Å². The molecular weight excluding hydrogens is 882 g/mol. The zero-order valence-corrected chi connectivity index (χ0v) is 46.2. The maximum Gasteiger partial charge on any atom is 0.472 e. The molecule has 0 rings (SSSR count). The molecule has 0 radical (unpaired) electrons. The first-order valence-electron chi connectivity index (χ1n) is 21.0. The minimum atomic E-state index is -4.25. The summed E-state index contributed by atoms with van der Waals surface area (Å²) in [5, 5.41) is -0.903. The molecule has 2 N–H and O–H groups in total. The van der Waals surface area contributed by atoms with Gasteiger partial charge >= 0.3 is 27.4 Å². The molecule has 0 bridgehead atoms. The highest BCUT2D eigenvalue weighted by Gasteiger charge is 2.52. The highest BCUT2D eigenvalue weighted by molar-refractivity contribution is 8.16. The Morgan fingerprint density at radius 1 is 0.700 bits per heavy atom. The number of carbonyl (C=O) groups excluding carboxylic acids is 2. The second-order valence-electron chi connectivity index (χ2n) is 19.6. The summed E-state index contributed by atoms with van der Waals surface area (Å²) in [4.78, 5) is 44.5. The molecule has 0 saturated carbocycles. The third kappa shape index (κ3) is 23.6. The molecule has 0 aliphatic rings. The van der Waals surface area contributed by atoms with Crippen LogP contribution < -0.4 is 0 Å². The first kappa shape index (κ1) is 59.8. The van der Waals surface area contributed by atoms with Crippen molar-refractivity contribution in [2.75, 3.05) is 94.0 Å². The highest BCUT2D eigenvalue weighted by Crippen LogP contribution is 2.64. The van der Waals surface area contributed by atoms with Crippen LogP contribution in [0.2, 0.25) is 50.9 Å². The van der Waals surface area contributed by atoms with E-state index in [1.54, 1.807) is 13.8 Å². The molecule has 354 valence electrons. The van der Waals surface area contributed by atoms with Crippen molar-refractivity contribution in [3.8, 4) is 0 Å². The van der Waals surface area contributed by atoms with Gasteiger partial charge in [-0.05, 0) is 86.6 Å². The van der Waals surface area contributed by atoms with Gasteiger partial charge in [0.2, 0.25) is 8.32 Å². The van der Waals surface area contributed by atoms with Gasteiger partial charge in [-0.15, -0.1) is 0 Å². The minimum Gasteiger partial charge on any atom is -0.456 e. The fourth-order valence-electron chi connectivity index (χ4n) is 6.13. The summed E-state index contributed by atoms with van der Waals surface area (Å²) < 4.78 is 60.5. The average molecular weight is 968 g/mol. The molecule has 0 spiro atoms. The first-order valence-corrected chi connectivity index (χ1v) is 34.6. The van der Waals surface area contributed by atoms with Crippen LogP contribution in [0.15, 0.2) is 24.3 Å². The SMILES string of the molecule is C=C(C)C(=O)OCC[N+](C)(C)CCOP(=O)(O)OCCC[Si](C)(CC)C(C)(C)O[Si](C)(C)C(C)(C)O[Si](C)(C)CCCO[P+](O)(P)OCC[N+](C)(C)CCOC(=O)C(=C)C. The van der Waals surface area contributed by atoms with Crippen LogP contribution in [0.5, 0.6) is 0 Å². The van der Waals surface area contributed by atoms with E-state index in [2.05, 4.69) is 89.4 Å². The number of quaternary nitrogens is 2. The van der Waals surface area contributed by atoms with Crippen molar-refractivity contribution in [2.45, 2.75) is 123 Å². The molecule has 4 unspecified atom stereocenters. The number of esters is 2. The van der Waals surface area contributed by atoms with Crippen molar-refractivity contribution in [3.05, 3.63) is 24.3 Å². The van der Waals surface area contributed by atoms with Crippen molar-refractivity contribution in [2.24, 2.45) is 0 Å². The summed E-state index contributed by atoms with van der Waals surface area (Å²) in [6, 6.07) is 2.63. The number of phosphoric ester groups is 1. The molecule has 0 aliphatic carbocycles. The van der Waals surface area contributed by atoms with Gasteiger partial charge in [-0.2, -0.15) is 13.9 Å². The molecule has 0 aromatic rings. The number of hydrogen-bond acceptors (Lipinski definition) is 12. The van der Waals surface area contributed by atoms with Crippen LogP contribution in [-0.4, -0.2) is 160 Å². The van der Waals surface area contributed by atoms with Crippen molar-refractivity contribution in [1.29, 1.82) is 0 Å². The van der Waals surface area contributed by atoms with Gasteiger partial charge in [-0.1, -0.05) is 38.7 Å². The standard InChI is InChI=1S/C39H85N2O13P3Si3/c1-19-60(18,33-21-26-49-56(44,45)50-30-24-40(10,11)22-28-47-36(42)34(2)3)39(8,9)54-59(16,17)38(6,7)53-58(14,15)32-20-27-51-57(46,55)52-31-25-41(12,13)23-29-48-37(43)35(4)5/h46H,2,4,19-33,55H2,1,3,5-18H3/q+2/p+1. The lowest BCUT2D eigenvalue weighted by molar-refractivity contribution is -0.890. The summed E-state index contributed by atoms with van der Waals surface area (Å²) in [7, 11) is -3.94. The summed E-state index contributed by atoms with van der Waals surface area (Å²) in [5.74, 6) is -0.845. The fourth-order valence-corrected chi connectivity index (χ4v) is 18.6. The maximum absolute atomic E-state index is 12.7. The molecule has 0 amide bonds. The second-order valence-corrected chi connectivity index (χ2v) is 38.8. The summed E-state index contributed by atoms with van der Waals surface area (Å²) in [6.07, 6.45) is 1.31. The smallest absolute Gasteiger partial charge is 0.456 e. The Labute approximate surface area is 369 Å². The molecular formula is C39H86N2O13P3Si3+3. The molecule has 0 fully saturated rings. The summed E-state index contributed by atoms with van der Waals surface area (Å²) in [6.45, 7) is 35.7. The predicted molar refractivity (Wildman–Crippen MR) is 254 cm³/mol. The number of phosphoric acid groups is 1. The molecule has 4 atom stereocenters. The molecule has 15 nitrogen and oxygen atoms in total. The average Bonchev–Trinajstić information content (AvgIpc) is 3.06. The zero-order valence-electron chi connectivity index (χ0n) is 40.3. The van der Waals surface area contributed by atoms with Crippen LogP contribution in [0, 0.1) is 0 Å². The van der Waals surface area contributed by atoms with E-state index in [1.807, 2.05) is 28.2 Å². The van der Waals surface area contributed by atoms with Crippen LogP contribution in [0.1, 0.15) is 61.3 Å². The number of carbonyl (C=O) groups is 2. The molecule has 0 heterocycles. The summed E-state index contributed by atoms with van der Waals surface area (Å²) >= 11 is 0. The lowest BCUT2D eigenvalue weighted by Crippen LogP contribution is -2.65. The van der Waals surface area contributed by atoms with Gasteiger partial charge in [0.05, 0.1) is 54.7 Å². The largest absolute Gasteiger partial charge is 0.472 e. The Morgan fingerprint density at radius 3 is 1.58 bits per heavy atom. The third-order valence-corrected chi connectivity index (χ3v) is 27.6. The minimum absolute atomic E-state index is 0.0132. The van der Waals surface area contributed by atoms with Crippen LogP contribution >= 0.6 is 24.4 Å². The van der Waals surface area contributed by atoms with Gasteiger partial charge < -0.3 is 32.2 Å². The maximum atomic E-state index is 12.7. The van der Waals surface area contributed by atoms with E-state index in [0.29, 0.717) is 65.7 Å². The molecule has 60 heavy (non-hydrogen) atoms. The van der Waals surface area contributed by atoms with E-state index in [9.17, 15) is 23.9 Å². The Hall–Kier alpha value is -0.239. The number of hydrogen-bond donors (Lipinski definition) is 2. The second kappa shape index (κ2) is 24.9. The van der Waals surface area contributed by atoms with Crippen molar-refractivity contribution in [1.82, 2.24) is 0 Å². The Bertz CT molecular complexity index is 1450. The van der Waals surface area contributed by atoms with E-state index in [4.69, 9.17) is 36.4 Å². The van der Waals surface area contributed by atoms with Crippen molar-refractivity contribution in [3.63, 3.8) is 0 Å². The number of rotatable bonds is 33. The molecule has 0 aromatic heterocycles. The van der Waals surface area contributed by atoms with Crippen LogP contribution in [0.25, 0.3) is 0 Å². The fraction of sp³-hybridized carbons (Fsp3) is 0.846. The van der Waals surface area contributed by atoms with E-state index in [-0.39, 0.29) is 33.0 Å². The van der Waals surface area contributed by atoms with Crippen LogP contribution in [-0.2, 0) is 50.6 Å². The zero-order chi connectivity index (χ0) is 47.1. The van der Waals surface area contributed by atoms with Crippen molar-refractivity contribution >= 4 is 61.0 Å². The number of likely N-dealkylation sites (N-methyl/N-ethyl adjacent to an activating group) is 2. The molecule has 21 heteroatoms. The Balaban J connectivity index is 5.03. The topological polar surface area (TPSA) is 166 Å². The van der Waals surface area contributed by atoms with Gasteiger partial charge in [0.1, 0.15) is 61.5 Å². The molecule has 0 aliphatic heterocycles. The van der Waals surface area contributed by atoms with Gasteiger partial charge in [0.15, 0.2) is 8.32 Å².